The first-order chi connectivity index (χ1) is 25.0. The Labute approximate surface area is 316 Å². The van der Waals surface area contributed by atoms with Crippen molar-refractivity contribution in [3.05, 3.63) is 58.7 Å². The highest BCUT2D eigenvalue weighted by atomic mass is 16.6. The van der Waals surface area contributed by atoms with Gasteiger partial charge in [-0.15, -0.1) is 0 Å². The predicted octanol–water partition coefficient (Wildman–Crippen LogP) is 4.91. The highest BCUT2D eigenvalue weighted by Crippen LogP contribution is 2.64. The Hall–Kier alpha value is -4.07. The second kappa shape index (κ2) is 14.5. The number of nitrogens with one attached hydrogen (secondary N) is 1. The second-order valence-corrected chi connectivity index (χ2v) is 17.3. The summed E-state index contributed by atoms with van der Waals surface area (Å²) in [5.74, 6) is -3.77. The van der Waals surface area contributed by atoms with Gasteiger partial charge in [-0.1, -0.05) is 56.2 Å². The summed E-state index contributed by atoms with van der Waals surface area (Å²) in [5.41, 5.74) is -4.90. The molecular weight excluding hydrogens is 698 g/mol. The zero-order chi connectivity index (χ0) is 40.2. The Kier molecular flexibility index (Phi) is 11.1. The van der Waals surface area contributed by atoms with Crippen LogP contribution in [0.3, 0.4) is 0 Å². The fourth-order valence-corrected chi connectivity index (χ4v) is 8.97. The third-order valence-electron chi connectivity index (χ3n) is 11.8. The standard InChI is InChI=1S/C41H55NO12/c1-22(2)18-27(42-36(48)54-37(5,6)7)31(45)35(47)51-28-20-41(49)33(52-34(46)25-14-12-11-13-15-25)32-39(10,29(44)19-26(23(28)3)38(41,8)9)17-16-30-40(32,21-50-30)53-24(4)43/h11-15,18,27-28,30-33,45,49H,16-17,19-21H2,1-10H3,(H,42,48)/t27-,28?,30+,31+,32-,33-,39-,40-,41+/m0/s1. The van der Waals surface area contributed by atoms with Crippen molar-refractivity contribution in [2.45, 2.75) is 142 Å². The average molecular weight is 754 g/mol. The van der Waals surface area contributed by atoms with E-state index in [1.165, 1.54) is 13.0 Å². The van der Waals surface area contributed by atoms with Crippen molar-refractivity contribution in [2.24, 2.45) is 16.7 Å². The molecule has 3 fully saturated rings. The Morgan fingerprint density at radius 1 is 1.04 bits per heavy atom. The van der Waals surface area contributed by atoms with Gasteiger partial charge in [0.15, 0.2) is 11.7 Å². The number of rotatable bonds is 8. The number of alkyl carbamates (subject to hydrolysis) is 1. The molecule has 0 radical (unpaired) electrons. The van der Waals surface area contributed by atoms with Crippen LogP contribution in [0.5, 0.6) is 0 Å². The van der Waals surface area contributed by atoms with E-state index in [4.69, 9.17) is 23.7 Å². The van der Waals surface area contributed by atoms with Gasteiger partial charge in [-0.05, 0) is 72.1 Å². The minimum atomic E-state index is -2.03. The number of ketones is 1. The third kappa shape index (κ3) is 7.34. The van der Waals surface area contributed by atoms with Gasteiger partial charge >= 0.3 is 24.0 Å². The van der Waals surface area contributed by atoms with Gasteiger partial charge in [0.25, 0.3) is 0 Å². The van der Waals surface area contributed by atoms with E-state index < -0.39 is 88.0 Å². The summed E-state index contributed by atoms with van der Waals surface area (Å²) in [6.07, 6.45) is -4.30. The largest absolute Gasteiger partial charge is 0.456 e. The summed E-state index contributed by atoms with van der Waals surface area (Å²) >= 11 is 0. The van der Waals surface area contributed by atoms with Crippen LogP contribution < -0.4 is 5.32 Å². The summed E-state index contributed by atoms with van der Waals surface area (Å²) < 4.78 is 29.8. The highest BCUT2D eigenvalue weighted by molar-refractivity contribution is 5.91. The molecule has 5 rings (SSSR count). The minimum absolute atomic E-state index is 0.0800. The highest BCUT2D eigenvalue weighted by Gasteiger charge is 2.75. The van der Waals surface area contributed by atoms with Crippen LogP contribution in [0.1, 0.15) is 105 Å². The van der Waals surface area contributed by atoms with E-state index in [0.29, 0.717) is 29.6 Å². The van der Waals surface area contributed by atoms with E-state index >= 15 is 0 Å². The summed E-state index contributed by atoms with van der Waals surface area (Å²) in [4.78, 5) is 68.1. The van der Waals surface area contributed by atoms with Crippen molar-refractivity contribution in [3.8, 4) is 0 Å². The fraction of sp³-hybridized carbons (Fsp3) is 0.634. The molecule has 1 heterocycles. The third-order valence-corrected chi connectivity index (χ3v) is 11.8. The molecule has 9 atom stereocenters. The van der Waals surface area contributed by atoms with Crippen LogP contribution in [-0.4, -0.2) is 93.9 Å². The first kappa shape index (κ1) is 41.1. The van der Waals surface area contributed by atoms with Crippen molar-refractivity contribution in [3.63, 3.8) is 0 Å². The number of ether oxygens (including phenoxy) is 5. The topological polar surface area (TPSA) is 184 Å². The molecule has 54 heavy (non-hydrogen) atoms. The predicted molar refractivity (Wildman–Crippen MR) is 195 cm³/mol. The van der Waals surface area contributed by atoms with Crippen LogP contribution in [0.4, 0.5) is 4.79 Å². The molecule has 13 heteroatoms. The summed E-state index contributed by atoms with van der Waals surface area (Å²) in [7, 11) is 0. The average Bonchev–Trinajstić information content (AvgIpc) is 3.05. The van der Waals surface area contributed by atoms with Crippen LogP contribution in [0.15, 0.2) is 53.1 Å². The van der Waals surface area contributed by atoms with Crippen molar-refractivity contribution >= 4 is 29.8 Å². The molecule has 13 nitrogen and oxygen atoms in total. The van der Waals surface area contributed by atoms with Crippen LogP contribution >= 0.6 is 0 Å². The second-order valence-electron chi connectivity index (χ2n) is 17.3. The normalized spacial score (nSPS) is 32.5. The number of esters is 3. The zero-order valence-corrected chi connectivity index (χ0v) is 32.9. The Balaban J connectivity index is 1.61. The number of hydrogen-bond donors (Lipinski definition) is 3. The number of aliphatic hydroxyl groups is 2. The van der Waals surface area contributed by atoms with Crippen molar-refractivity contribution < 1.29 is 57.9 Å². The number of allylic oxidation sites excluding steroid dienone is 1. The molecule has 0 aromatic heterocycles. The molecule has 3 N–H and O–H groups in total. The lowest BCUT2D eigenvalue weighted by atomic mass is 9.46. The molecule has 4 aliphatic rings. The van der Waals surface area contributed by atoms with Crippen molar-refractivity contribution in [1.82, 2.24) is 5.32 Å². The maximum absolute atomic E-state index is 14.8. The number of carbonyl (C=O) groups is 5. The fourth-order valence-electron chi connectivity index (χ4n) is 8.97. The van der Waals surface area contributed by atoms with E-state index in [0.717, 1.165) is 0 Å². The Bertz CT molecular complexity index is 1740. The summed E-state index contributed by atoms with van der Waals surface area (Å²) in [5, 5.41) is 27.2. The number of fused-ring (bicyclic) bond motifs is 5. The van der Waals surface area contributed by atoms with Crippen LogP contribution in [0.25, 0.3) is 0 Å². The number of benzene rings is 1. The van der Waals surface area contributed by atoms with Crippen LogP contribution in [0.2, 0.25) is 0 Å². The summed E-state index contributed by atoms with van der Waals surface area (Å²) in [6.45, 7) is 16.7. The molecule has 1 unspecified atom stereocenters. The first-order valence-electron chi connectivity index (χ1n) is 18.5. The van der Waals surface area contributed by atoms with Crippen molar-refractivity contribution in [2.75, 3.05) is 6.61 Å². The van der Waals surface area contributed by atoms with E-state index in [1.54, 1.807) is 92.6 Å². The van der Waals surface area contributed by atoms with Gasteiger partial charge in [0.05, 0.1) is 24.1 Å². The molecular formula is C41H55NO12. The van der Waals surface area contributed by atoms with Gasteiger partial charge in [0.2, 0.25) is 0 Å². The quantitative estimate of drug-likeness (QED) is 0.186. The number of carbonyl (C=O) groups excluding carboxylic acids is 5. The zero-order valence-electron chi connectivity index (χ0n) is 32.9. The molecule has 0 spiro atoms. The molecule has 296 valence electrons. The monoisotopic (exact) mass is 753 g/mol. The molecule has 1 aromatic rings. The van der Waals surface area contributed by atoms with Gasteiger partial charge in [0, 0.05) is 30.6 Å². The number of amides is 1. The molecule has 3 aliphatic carbocycles. The van der Waals surface area contributed by atoms with E-state index in [1.807, 2.05) is 0 Å². The number of aliphatic hydroxyl groups excluding tert-OH is 1. The lowest BCUT2D eigenvalue weighted by Gasteiger charge is -2.66. The van der Waals surface area contributed by atoms with Crippen LogP contribution in [0, 0.1) is 16.7 Å². The van der Waals surface area contributed by atoms with E-state index in [9.17, 15) is 34.2 Å². The molecule has 2 bridgehead atoms. The lowest BCUT2D eigenvalue weighted by Crippen LogP contribution is -2.78. The Morgan fingerprint density at radius 3 is 2.24 bits per heavy atom. The smallest absolute Gasteiger partial charge is 0.408 e. The molecule has 1 amide bonds. The molecule has 2 saturated carbocycles. The maximum Gasteiger partial charge on any atom is 0.408 e. The SMILES string of the molecule is CC(=O)O[C@@]12CO[C@@H]1CC[C@@]1(C)C(=O)CC3=C(C)C(OC(=O)[C@H](O)[C@H](C=C(C)C)NC(=O)OC(C)(C)C)C[C@@](O)([C@@H](OC(=O)c4ccccc4)[C@H]21)C3(C)C. The van der Waals surface area contributed by atoms with Crippen molar-refractivity contribution in [1.29, 1.82) is 0 Å². The number of hydrogen-bond acceptors (Lipinski definition) is 12. The number of Topliss-reactive ketones (excluding diaryl/α,β-unsaturated/α-hetero) is 1. The minimum Gasteiger partial charge on any atom is -0.456 e. The Morgan fingerprint density at radius 2 is 1.69 bits per heavy atom. The first-order valence-corrected chi connectivity index (χ1v) is 18.5. The van der Waals surface area contributed by atoms with E-state index in [-0.39, 0.29) is 30.8 Å². The van der Waals surface area contributed by atoms with Gasteiger partial charge in [-0.2, -0.15) is 0 Å². The van der Waals surface area contributed by atoms with Crippen LogP contribution in [-0.2, 0) is 38.1 Å². The molecule has 1 aliphatic heterocycles. The molecule has 1 saturated heterocycles. The van der Waals surface area contributed by atoms with Gasteiger partial charge in [0.1, 0.15) is 35.3 Å². The van der Waals surface area contributed by atoms with E-state index in [2.05, 4.69) is 5.32 Å². The maximum atomic E-state index is 14.8. The van der Waals surface area contributed by atoms with Gasteiger partial charge in [-0.3, -0.25) is 9.59 Å². The van der Waals surface area contributed by atoms with Gasteiger partial charge in [-0.25, -0.2) is 14.4 Å². The molecule has 1 aromatic carbocycles. The summed E-state index contributed by atoms with van der Waals surface area (Å²) in [6, 6.07) is 6.99. The van der Waals surface area contributed by atoms with Gasteiger partial charge < -0.3 is 39.2 Å². The lowest BCUT2D eigenvalue weighted by molar-refractivity contribution is -0.331.